The molecular weight excluding hydrogens is 212 g/mol. The molecule has 0 atom stereocenters. The van der Waals surface area contributed by atoms with Crippen molar-refractivity contribution >= 4 is 5.69 Å². The van der Waals surface area contributed by atoms with Gasteiger partial charge in [0.25, 0.3) is 0 Å². The van der Waals surface area contributed by atoms with Crippen molar-refractivity contribution in [3.05, 3.63) is 47.8 Å². The number of hydrogen-bond acceptors (Lipinski definition) is 3. The standard InChI is InChI=1S/C13H14N4/c1-11-3-4-12(10-14)9-13(11)15-6-8-17-7-2-5-16-17/h2-5,7,9,15H,6,8H2,1H3. The highest BCUT2D eigenvalue weighted by Crippen LogP contribution is 2.15. The summed E-state index contributed by atoms with van der Waals surface area (Å²) in [5.41, 5.74) is 2.83. The molecule has 0 aliphatic rings. The van der Waals surface area contributed by atoms with E-state index in [1.54, 1.807) is 6.20 Å². The summed E-state index contributed by atoms with van der Waals surface area (Å²) in [6.45, 7) is 3.62. The van der Waals surface area contributed by atoms with Crippen molar-refractivity contribution < 1.29 is 0 Å². The molecule has 0 aliphatic heterocycles. The van der Waals surface area contributed by atoms with Crippen LogP contribution in [-0.4, -0.2) is 16.3 Å². The summed E-state index contributed by atoms with van der Waals surface area (Å²) < 4.78 is 1.87. The fourth-order valence-corrected chi connectivity index (χ4v) is 1.62. The predicted octanol–water partition coefficient (Wildman–Crippen LogP) is 2.18. The van der Waals surface area contributed by atoms with Gasteiger partial charge < -0.3 is 5.32 Å². The van der Waals surface area contributed by atoms with E-state index in [0.29, 0.717) is 5.56 Å². The summed E-state index contributed by atoms with van der Waals surface area (Å²) in [5, 5.41) is 16.3. The summed E-state index contributed by atoms with van der Waals surface area (Å²) in [7, 11) is 0. The first-order valence-corrected chi connectivity index (χ1v) is 5.51. The van der Waals surface area contributed by atoms with Gasteiger partial charge in [0, 0.05) is 24.6 Å². The van der Waals surface area contributed by atoms with Crippen molar-refractivity contribution in [2.24, 2.45) is 0 Å². The van der Waals surface area contributed by atoms with Crippen molar-refractivity contribution in [2.75, 3.05) is 11.9 Å². The Morgan fingerprint density at radius 1 is 1.47 bits per heavy atom. The van der Waals surface area contributed by atoms with E-state index in [1.807, 2.05) is 42.1 Å². The van der Waals surface area contributed by atoms with Gasteiger partial charge in [-0.3, -0.25) is 4.68 Å². The lowest BCUT2D eigenvalue weighted by molar-refractivity contribution is 0.638. The van der Waals surface area contributed by atoms with Crippen LogP contribution in [0.3, 0.4) is 0 Å². The van der Waals surface area contributed by atoms with Crippen molar-refractivity contribution in [2.45, 2.75) is 13.5 Å². The maximum atomic E-state index is 8.84. The minimum atomic E-state index is 0.678. The van der Waals surface area contributed by atoms with Crippen molar-refractivity contribution in [1.29, 1.82) is 5.26 Å². The fourth-order valence-electron chi connectivity index (χ4n) is 1.62. The molecule has 4 heteroatoms. The second-order valence-electron chi connectivity index (χ2n) is 3.84. The van der Waals surface area contributed by atoms with E-state index in [4.69, 9.17) is 5.26 Å². The number of nitrogens with one attached hydrogen (secondary N) is 1. The second kappa shape index (κ2) is 5.17. The van der Waals surface area contributed by atoms with E-state index < -0.39 is 0 Å². The third kappa shape index (κ3) is 2.85. The monoisotopic (exact) mass is 226 g/mol. The smallest absolute Gasteiger partial charge is 0.0992 e. The van der Waals surface area contributed by atoms with E-state index in [1.165, 1.54) is 0 Å². The highest BCUT2D eigenvalue weighted by atomic mass is 15.3. The number of nitriles is 1. The number of hydrogen-bond donors (Lipinski definition) is 1. The summed E-state index contributed by atoms with van der Waals surface area (Å²) in [6.07, 6.45) is 3.70. The molecule has 0 unspecified atom stereocenters. The molecule has 86 valence electrons. The zero-order valence-corrected chi connectivity index (χ0v) is 9.72. The van der Waals surface area contributed by atoms with E-state index in [9.17, 15) is 0 Å². The largest absolute Gasteiger partial charge is 0.383 e. The maximum Gasteiger partial charge on any atom is 0.0992 e. The van der Waals surface area contributed by atoms with Gasteiger partial charge in [-0.05, 0) is 30.7 Å². The van der Waals surface area contributed by atoms with Crippen LogP contribution in [0.5, 0.6) is 0 Å². The number of benzene rings is 1. The molecule has 17 heavy (non-hydrogen) atoms. The topological polar surface area (TPSA) is 53.6 Å². The Morgan fingerprint density at radius 2 is 2.35 bits per heavy atom. The molecule has 0 spiro atoms. The summed E-state index contributed by atoms with van der Waals surface area (Å²) in [4.78, 5) is 0. The van der Waals surface area contributed by atoms with Gasteiger partial charge in [-0.2, -0.15) is 10.4 Å². The zero-order chi connectivity index (χ0) is 12.1. The van der Waals surface area contributed by atoms with Crippen LogP contribution in [0.15, 0.2) is 36.7 Å². The Hall–Kier alpha value is -2.28. The van der Waals surface area contributed by atoms with Crippen LogP contribution in [0, 0.1) is 18.3 Å². The highest BCUT2D eigenvalue weighted by molar-refractivity contribution is 5.55. The Bertz CT molecular complexity index is 523. The van der Waals surface area contributed by atoms with E-state index in [2.05, 4.69) is 16.5 Å². The van der Waals surface area contributed by atoms with E-state index in [-0.39, 0.29) is 0 Å². The van der Waals surface area contributed by atoms with Crippen LogP contribution in [0.25, 0.3) is 0 Å². The van der Waals surface area contributed by atoms with Gasteiger partial charge in [0.15, 0.2) is 0 Å². The summed E-state index contributed by atoms with van der Waals surface area (Å²) in [5.74, 6) is 0. The molecule has 0 aliphatic carbocycles. The molecule has 0 amide bonds. The normalized spacial score (nSPS) is 9.88. The predicted molar refractivity (Wildman–Crippen MR) is 66.6 cm³/mol. The number of aromatic nitrogens is 2. The molecule has 0 fully saturated rings. The molecule has 0 saturated heterocycles. The SMILES string of the molecule is Cc1ccc(C#N)cc1NCCn1cccn1. The van der Waals surface area contributed by atoms with Crippen LogP contribution in [0.1, 0.15) is 11.1 Å². The van der Waals surface area contributed by atoms with Crippen molar-refractivity contribution in [3.8, 4) is 6.07 Å². The minimum absolute atomic E-state index is 0.678. The molecular formula is C13H14N4. The Kier molecular flexibility index (Phi) is 3.41. The molecule has 0 bridgehead atoms. The number of nitrogens with zero attached hydrogens (tertiary/aromatic N) is 3. The first-order chi connectivity index (χ1) is 8.29. The van der Waals surface area contributed by atoms with E-state index in [0.717, 1.165) is 24.3 Å². The lowest BCUT2D eigenvalue weighted by atomic mass is 10.1. The fraction of sp³-hybridized carbons (Fsp3) is 0.231. The highest BCUT2D eigenvalue weighted by Gasteiger charge is 1.99. The Labute approximate surface area is 100 Å². The molecule has 1 heterocycles. The summed E-state index contributed by atoms with van der Waals surface area (Å²) in [6, 6.07) is 9.70. The van der Waals surface area contributed by atoms with Crippen LogP contribution < -0.4 is 5.32 Å². The molecule has 0 saturated carbocycles. The number of rotatable bonds is 4. The van der Waals surface area contributed by atoms with Gasteiger partial charge in [0.1, 0.15) is 0 Å². The van der Waals surface area contributed by atoms with Crippen LogP contribution in [0.4, 0.5) is 5.69 Å². The molecule has 0 radical (unpaired) electrons. The van der Waals surface area contributed by atoms with Gasteiger partial charge in [0.2, 0.25) is 0 Å². The number of aryl methyl sites for hydroxylation is 1. The van der Waals surface area contributed by atoms with Gasteiger partial charge in [-0.15, -0.1) is 0 Å². The molecule has 2 rings (SSSR count). The van der Waals surface area contributed by atoms with Gasteiger partial charge in [0.05, 0.1) is 18.2 Å². The maximum absolute atomic E-state index is 8.84. The number of anilines is 1. The van der Waals surface area contributed by atoms with Gasteiger partial charge in [-0.1, -0.05) is 6.07 Å². The third-order valence-corrected chi connectivity index (χ3v) is 2.58. The average molecular weight is 226 g/mol. The van der Waals surface area contributed by atoms with Crippen molar-refractivity contribution in [1.82, 2.24) is 9.78 Å². The average Bonchev–Trinajstić information content (AvgIpc) is 2.84. The van der Waals surface area contributed by atoms with Crippen LogP contribution in [0.2, 0.25) is 0 Å². The van der Waals surface area contributed by atoms with Crippen LogP contribution in [-0.2, 0) is 6.54 Å². The first kappa shape index (κ1) is 11.2. The lowest BCUT2D eigenvalue weighted by Gasteiger charge is -2.09. The molecule has 4 nitrogen and oxygen atoms in total. The van der Waals surface area contributed by atoms with Crippen molar-refractivity contribution in [3.63, 3.8) is 0 Å². The van der Waals surface area contributed by atoms with Gasteiger partial charge >= 0.3 is 0 Å². The molecule has 2 aromatic rings. The van der Waals surface area contributed by atoms with E-state index >= 15 is 0 Å². The second-order valence-corrected chi connectivity index (χ2v) is 3.84. The lowest BCUT2D eigenvalue weighted by Crippen LogP contribution is -2.11. The van der Waals surface area contributed by atoms with Gasteiger partial charge in [-0.25, -0.2) is 0 Å². The Morgan fingerprint density at radius 3 is 3.06 bits per heavy atom. The summed E-state index contributed by atoms with van der Waals surface area (Å²) >= 11 is 0. The quantitative estimate of drug-likeness (QED) is 0.869. The first-order valence-electron chi connectivity index (χ1n) is 5.51. The van der Waals surface area contributed by atoms with Crippen LogP contribution >= 0.6 is 0 Å². The zero-order valence-electron chi connectivity index (χ0n) is 9.72. The third-order valence-electron chi connectivity index (χ3n) is 2.58. The molecule has 1 aromatic carbocycles. The Balaban J connectivity index is 1.97. The minimum Gasteiger partial charge on any atom is -0.383 e. The molecule has 1 N–H and O–H groups in total. The molecule has 1 aromatic heterocycles.